The number of rotatable bonds is 6. The first-order valence-electron chi connectivity index (χ1n) is 11.9. The van der Waals surface area contributed by atoms with Crippen molar-refractivity contribution >= 4 is 11.8 Å². The second-order valence-electron chi connectivity index (χ2n) is 9.59. The Morgan fingerprint density at radius 2 is 1.69 bits per heavy atom. The molecule has 170 valence electrons. The molecule has 2 aliphatic rings. The maximum atomic E-state index is 12.7. The van der Waals surface area contributed by atoms with Crippen LogP contribution in [0.1, 0.15) is 55.2 Å². The summed E-state index contributed by atoms with van der Waals surface area (Å²) in [4.78, 5) is 29.0. The average molecular weight is 434 g/mol. The second kappa shape index (κ2) is 9.86. The lowest BCUT2D eigenvalue weighted by atomic mass is 9.71. The third kappa shape index (κ3) is 5.04. The Labute approximate surface area is 191 Å². The fraction of sp³-hybridized carbons (Fsp3) is 0.481. The Morgan fingerprint density at radius 1 is 1.00 bits per heavy atom. The SMILES string of the molecule is CC(=O)N1CCC[C@H](c2ccccc2CC2(C(N)=O)CCN(Cc3ccccc3)CC2)C1. The molecule has 0 spiro atoms. The van der Waals surface area contributed by atoms with Crippen LogP contribution in [0.5, 0.6) is 0 Å². The van der Waals surface area contributed by atoms with E-state index in [1.165, 1.54) is 16.7 Å². The van der Waals surface area contributed by atoms with Gasteiger partial charge in [-0.25, -0.2) is 0 Å². The molecule has 0 saturated carbocycles. The van der Waals surface area contributed by atoms with E-state index >= 15 is 0 Å². The summed E-state index contributed by atoms with van der Waals surface area (Å²) in [6.45, 7) is 5.93. The molecule has 2 aromatic carbocycles. The number of primary amides is 1. The second-order valence-corrected chi connectivity index (χ2v) is 9.59. The van der Waals surface area contributed by atoms with Gasteiger partial charge in [-0.05, 0) is 61.9 Å². The predicted octanol–water partition coefficient (Wildman–Crippen LogP) is 3.72. The summed E-state index contributed by atoms with van der Waals surface area (Å²) in [5, 5.41) is 0. The lowest BCUT2D eigenvalue weighted by molar-refractivity contribution is -0.130. The fourth-order valence-corrected chi connectivity index (χ4v) is 5.47. The third-order valence-electron chi connectivity index (χ3n) is 7.48. The zero-order valence-electron chi connectivity index (χ0n) is 19.1. The molecule has 2 saturated heterocycles. The van der Waals surface area contributed by atoms with Gasteiger partial charge in [0.15, 0.2) is 0 Å². The average Bonchev–Trinajstić information content (AvgIpc) is 2.81. The molecule has 0 aromatic heterocycles. The van der Waals surface area contributed by atoms with E-state index in [1.54, 1.807) is 6.92 Å². The van der Waals surface area contributed by atoms with E-state index in [-0.39, 0.29) is 11.8 Å². The normalized spacial score (nSPS) is 21.3. The summed E-state index contributed by atoms with van der Waals surface area (Å²) in [7, 11) is 0. The van der Waals surface area contributed by atoms with Gasteiger partial charge >= 0.3 is 0 Å². The number of carbonyl (C=O) groups excluding carboxylic acids is 2. The maximum absolute atomic E-state index is 12.7. The van der Waals surface area contributed by atoms with Gasteiger partial charge in [-0.15, -0.1) is 0 Å². The van der Waals surface area contributed by atoms with E-state index in [0.717, 1.165) is 58.4 Å². The summed E-state index contributed by atoms with van der Waals surface area (Å²) in [6, 6.07) is 19.0. The summed E-state index contributed by atoms with van der Waals surface area (Å²) in [6.07, 6.45) is 4.36. The highest BCUT2D eigenvalue weighted by Crippen LogP contribution is 2.38. The first-order chi connectivity index (χ1) is 15.5. The summed E-state index contributed by atoms with van der Waals surface area (Å²) in [5.74, 6) is 0.291. The van der Waals surface area contributed by atoms with Gasteiger partial charge in [0.25, 0.3) is 0 Å². The van der Waals surface area contributed by atoms with Crippen molar-refractivity contribution in [3.05, 3.63) is 71.3 Å². The summed E-state index contributed by atoms with van der Waals surface area (Å²) >= 11 is 0. The number of benzene rings is 2. The van der Waals surface area contributed by atoms with Crippen molar-refractivity contribution in [3.63, 3.8) is 0 Å². The van der Waals surface area contributed by atoms with E-state index in [1.807, 2.05) is 11.0 Å². The van der Waals surface area contributed by atoms with Crippen LogP contribution < -0.4 is 5.73 Å². The van der Waals surface area contributed by atoms with Crippen LogP contribution in [0.4, 0.5) is 0 Å². The predicted molar refractivity (Wildman–Crippen MR) is 127 cm³/mol. The van der Waals surface area contributed by atoms with Crippen LogP contribution in [-0.2, 0) is 22.6 Å². The van der Waals surface area contributed by atoms with Crippen LogP contribution in [0.3, 0.4) is 0 Å². The number of carbonyl (C=O) groups is 2. The van der Waals surface area contributed by atoms with Crippen molar-refractivity contribution in [1.29, 1.82) is 0 Å². The number of likely N-dealkylation sites (tertiary alicyclic amines) is 2. The van der Waals surface area contributed by atoms with E-state index in [9.17, 15) is 9.59 Å². The van der Waals surface area contributed by atoms with Gasteiger partial charge in [0.1, 0.15) is 0 Å². The quantitative estimate of drug-likeness (QED) is 0.755. The van der Waals surface area contributed by atoms with Crippen LogP contribution >= 0.6 is 0 Å². The van der Waals surface area contributed by atoms with Gasteiger partial charge in [-0.3, -0.25) is 14.5 Å². The van der Waals surface area contributed by atoms with E-state index < -0.39 is 5.41 Å². The smallest absolute Gasteiger partial charge is 0.224 e. The molecule has 2 aromatic rings. The Hall–Kier alpha value is -2.66. The highest BCUT2D eigenvalue weighted by molar-refractivity contribution is 5.81. The molecule has 2 fully saturated rings. The van der Waals surface area contributed by atoms with Gasteiger partial charge in [0.05, 0.1) is 5.41 Å². The maximum Gasteiger partial charge on any atom is 0.224 e. The largest absolute Gasteiger partial charge is 0.369 e. The van der Waals surface area contributed by atoms with E-state index in [0.29, 0.717) is 12.3 Å². The number of piperidine rings is 2. The molecule has 0 unspecified atom stereocenters. The standard InChI is InChI=1S/C27H35N3O2/c1-21(31)30-15-7-11-24(20-30)25-12-6-5-10-23(25)18-27(26(28)32)13-16-29(17-14-27)19-22-8-3-2-4-9-22/h2-6,8-10,12,24H,7,11,13-20H2,1H3,(H2,28,32)/t24-/m0/s1. The molecule has 0 aliphatic carbocycles. The Morgan fingerprint density at radius 3 is 2.38 bits per heavy atom. The van der Waals surface area contributed by atoms with Gasteiger partial charge in [-0.1, -0.05) is 54.6 Å². The van der Waals surface area contributed by atoms with Crippen LogP contribution in [0.25, 0.3) is 0 Å². The van der Waals surface area contributed by atoms with Crippen molar-refractivity contribution in [2.75, 3.05) is 26.2 Å². The highest BCUT2D eigenvalue weighted by Gasteiger charge is 2.40. The van der Waals surface area contributed by atoms with Crippen LogP contribution in [0.2, 0.25) is 0 Å². The molecule has 2 N–H and O–H groups in total. The Kier molecular flexibility index (Phi) is 6.95. The van der Waals surface area contributed by atoms with Crippen molar-refractivity contribution in [1.82, 2.24) is 9.80 Å². The molecule has 32 heavy (non-hydrogen) atoms. The topological polar surface area (TPSA) is 66.6 Å². The highest BCUT2D eigenvalue weighted by atomic mass is 16.2. The third-order valence-corrected chi connectivity index (χ3v) is 7.48. The first-order valence-corrected chi connectivity index (χ1v) is 11.9. The van der Waals surface area contributed by atoms with Crippen LogP contribution in [-0.4, -0.2) is 47.8 Å². The number of hydrogen-bond donors (Lipinski definition) is 1. The van der Waals surface area contributed by atoms with Crippen molar-refractivity contribution in [3.8, 4) is 0 Å². The first kappa shape index (κ1) is 22.5. The van der Waals surface area contributed by atoms with Crippen molar-refractivity contribution in [2.45, 2.75) is 51.5 Å². The summed E-state index contributed by atoms with van der Waals surface area (Å²) < 4.78 is 0. The van der Waals surface area contributed by atoms with E-state index in [2.05, 4.69) is 53.4 Å². The molecule has 2 amide bonds. The van der Waals surface area contributed by atoms with Crippen molar-refractivity contribution in [2.24, 2.45) is 11.1 Å². The fourth-order valence-electron chi connectivity index (χ4n) is 5.47. The van der Waals surface area contributed by atoms with Gasteiger partial charge in [-0.2, -0.15) is 0 Å². The van der Waals surface area contributed by atoms with E-state index in [4.69, 9.17) is 5.73 Å². The lowest BCUT2D eigenvalue weighted by Gasteiger charge is -2.41. The zero-order valence-corrected chi connectivity index (χ0v) is 19.1. The molecular weight excluding hydrogens is 398 g/mol. The number of nitrogens with zero attached hydrogens (tertiary/aromatic N) is 2. The van der Waals surface area contributed by atoms with Crippen LogP contribution in [0, 0.1) is 5.41 Å². The summed E-state index contributed by atoms with van der Waals surface area (Å²) in [5.41, 5.74) is 9.33. The number of amides is 2. The molecule has 1 atom stereocenters. The Balaban J connectivity index is 1.48. The van der Waals surface area contributed by atoms with Crippen molar-refractivity contribution < 1.29 is 9.59 Å². The number of nitrogens with two attached hydrogens (primary N) is 1. The molecule has 4 rings (SSSR count). The molecule has 0 radical (unpaired) electrons. The number of hydrogen-bond acceptors (Lipinski definition) is 3. The molecule has 5 heteroatoms. The lowest BCUT2D eigenvalue weighted by Crippen LogP contribution is -2.48. The molecule has 5 nitrogen and oxygen atoms in total. The van der Waals surface area contributed by atoms with Gasteiger partial charge < -0.3 is 10.6 Å². The zero-order chi connectivity index (χ0) is 22.6. The minimum atomic E-state index is -0.502. The van der Waals surface area contributed by atoms with Crippen LogP contribution in [0.15, 0.2) is 54.6 Å². The monoisotopic (exact) mass is 433 g/mol. The minimum absolute atomic E-state index is 0.145. The minimum Gasteiger partial charge on any atom is -0.369 e. The molecule has 2 aliphatic heterocycles. The Bertz CT molecular complexity index is 935. The molecular formula is C27H35N3O2. The molecule has 0 bridgehead atoms. The molecule has 2 heterocycles. The van der Waals surface area contributed by atoms with Gasteiger partial charge in [0, 0.05) is 32.5 Å². The van der Waals surface area contributed by atoms with Gasteiger partial charge in [0.2, 0.25) is 11.8 Å².